The van der Waals surface area contributed by atoms with Gasteiger partial charge in [0.15, 0.2) is 5.82 Å². The van der Waals surface area contributed by atoms with Crippen molar-refractivity contribution in [2.24, 2.45) is 0 Å². The predicted octanol–water partition coefficient (Wildman–Crippen LogP) is 2.88. The Morgan fingerprint density at radius 3 is 2.85 bits per heavy atom. The van der Waals surface area contributed by atoms with Gasteiger partial charge < -0.3 is 9.88 Å². The fourth-order valence-electron chi connectivity index (χ4n) is 4.32. The average molecular weight is 445 g/mol. The van der Waals surface area contributed by atoms with E-state index in [1.54, 1.807) is 12.1 Å². The van der Waals surface area contributed by atoms with Crippen LogP contribution in [0.3, 0.4) is 0 Å². The molecule has 0 spiro atoms. The van der Waals surface area contributed by atoms with Crippen LogP contribution in [0.2, 0.25) is 0 Å². The fourth-order valence-corrected chi connectivity index (χ4v) is 4.32. The van der Waals surface area contributed by atoms with Gasteiger partial charge in [0.1, 0.15) is 11.6 Å². The maximum atomic E-state index is 13.3. The van der Waals surface area contributed by atoms with E-state index in [1.165, 1.54) is 23.1 Å². The van der Waals surface area contributed by atoms with Crippen molar-refractivity contribution in [1.82, 2.24) is 30.0 Å². The summed E-state index contributed by atoms with van der Waals surface area (Å²) >= 11 is 0. The molecule has 0 unspecified atom stereocenters. The van der Waals surface area contributed by atoms with Crippen LogP contribution in [0.4, 0.5) is 4.39 Å². The number of halogens is 1. The molecular weight excluding hydrogens is 419 g/mol. The normalized spacial score (nSPS) is 14.1. The molecule has 0 saturated heterocycles. The second-order valence-electron chi connectivity index (χ2n) is 8.28. The van der Waals surface area contributed by atoms with E-state index < -0.39 is 0 Å². The van der Waals surface area contributed by atoms with E-state index in [-0.39, 0.29) is 18.1 Å². The van der Waals surface area contributed by atoms with Gasteiger partial charge >= 0.3 is 0 Å². The Morgan fingerprint density at radius 2 is 1.94 bits per heavy atom. The zero-order valence-corrected chi connectivity index (χ0v) is 18.2. The van der Waals surface area contributed by atoms with Gasteiger partial charge in [0.05, 0.1) is 18.5 Å². The van der Waals surface area contributed by atoms with Gasteiger partial charge in [0.2, 0.25) is 5.91 Å². The summed E-state index contributed by atoms with van der Waals surface area (Å²) < 4.78 is 15.4. The lowest BCUT2D eigenvalue weighted by Gasteiger charge is -2.20. The van der Waals surface area contributed by atoms with Gasteiger partial charge in [-0.15, -0.1) is 10.2 Å². The van der Waals surface area contributed by atoms with Crippen LogP contribution in [0.5, 0.6) is 0 Å². The average Bonchev–Trinajstić information content (AvgIpc) is 3.10. The number of para-hydroxylation sites is 1. The second-order valence-corrected chi connectivity index (χ2v) is 8.28. The molecule has 3 heterocycles. The van der Waals surface area contributed by atoms with Crippen LogP contribution in [-0.2, 0) is 37.3 Å². The van der Waals surface area contributed by atoms with E-state index >= 15 is 0 Å². The van der Waals surface area contributed by atoms with Crippen LogP contribution in [0.25, 0.3) is 10.9 Å². The van der Waals surface area contributed by atoms with Crippen molar-refractivity contribution in [1.29, 1.82) is 0 Å². The van der Waals surface area contributed by atoms with Gasteiger partial charge in [-0.3, -0.25) is 14.7 Å². The van der Waals surface area contributed by atoms with Crippen molar-refractivity contribution in [3.8, 4) is 0 Å². The van der Waals surface area contributed by atoms with E-state index in [2.05, 4.69) is 42.1 Å². The number of hydrogen-bond donors (Lipinski definition) is 1. The minimum atomic E-state index is -0.340. The van der Waals surface area contributed by atoms with Crippen molar-refractivity contribution >= 4 is 16.8 Å². The van der Waals surface area contributed by atoms with Gasteiger partial charge in [-0.25, -0.2) is 4.39 Å². The molecule has 1 aliphatic heterocycles. The maximum Gasteiger partial charge on any atom is 0.224 e. The molecule has 8 heteroatoms. The molecule has 0 bridgehead atoms. The highest BCUT2D eigenvalue weighted by Crippen LogP contribution is 2.19. The molecule has 4 aromatic rings. The first kappa shape index (κ1) is 21.2. The molecule has 5 rings (SSSR count). The van der Waals surface area contributed by atoms with Crippen molar-refractivity contribution in [3.63, 3.8) is 0 Å². The first-order valence-corrected chi connectivity index (χ1v) is 11.1. The Bertz CT molecular complexity index is 1280. The third kappa shape index (κ3) is 4.90. The molecule has 2 aromatic heterocycles. The number of fused-ring (bicyclic) bond motifs is 2. The zero-order valence-electron chi connectivity index (χ0n) is 18.2. The molecule has 1 amide bonds. The summed E-state index contributed by atoms with van der Waals surface area (Å²) in [6, 6.07) is 16.4. The van der Waals surface area contributed by atoms with E-state index in [9.17, 15) is 9.18 Å². The number of rotatable bonds is 6. The maximum absolute atomic E-state index is 13.3. The van der Waals surface area contributed by atoms with Crippen molar-refractivity contribution < 1.29 is 9.18 Å². The molecule has 7 nitrogen and oxygen atoms in total. The molecule has 0 aliphatic carbocycles. The number of benzene rings is 2. The van der Waals surface area contributed by atoms with Crippen LogP contribution in [0.15, 0.2) is 60.8 Å². The number of hydrogen-bond acceptors (Lipinski definition) is 5. The van der Waals surface area contributed by atoms with Crippen molar-refractivity contribution in [2.75, 3.05) is 13.1 Å². The Hall–Kier alpha value is -3.65. The fraction of sp³-hybridized carbons (Fsp3) is 0.280. The monoisotopic (exact) mass is 444 g/mol. The molecule has 0 atom stereocenters. The lowest BCUT2D eigenvalue weighted by atomic mass is 10.1. The van der Waals surface area contributed by atoms with E-state index in [1.807, 2.05) is 24.4 Å². The first-order chi connectivity index (χ1) is 16.2. The molecular formula is C25H25FN6O. The molecule has 0 saturated carbocycles. The van der Waals surface area contributed by atoms with Gasteiger partial charge in [-0.2, -0.15) is 0 Å². The van der Waals surface area contributed by atoms with Crippen molar-refractivity contribution in [3.05, 3.63) is 89.4 Å². The Balaban J connectivity index is 1.20. The second kappa shape index (κ2) is 9.46. The van der Waals surface area contributed by atoms with Crippen LogP contribution in [-0.4, -0.2) is 43.6 Å². The zero-order chi connectivity index (χ0) is 22.6. The smallest absolute Gasteiger partial charge is 0.224 e. The van der Waals surface area contributed by atoms with E-state index in [4.69, 9.17) is 0 Å². The van der Waals surface area contributed by atoms with Crippen LogP contribution < -0.4 is 5.32 Å². The molecule has 1 aliphatic rings. The Morgan fingerprint density at radius 1 is 1.03 bits per heavy atom. The van der Waals surface area contributed by atoms with Crippen LogP contribution in [0.1, 0.15) is 22.8 Å². The molecule has 33 heavy (non-hydrogen) atoms. The number of aromatic nitrogens is 4. The third-order valence-corrected chi connectivity index (χ3v) is 6.03. The Kier molecular flexibility index (Phi) is 6.08. The SMILES string of the molecule is O=C(Cc1cccc(F)c1)NCc1nnc2n1CCN(Cc1ccnc3ccccc13)CC2. The van der Waals surface area contributed by atoms with Gasteiger partial charge in [0, 0.05) is 44.2 Å². The molecule has 1 N–H and O–H groups in total. The molecule has 2 aromatic carbocycles. The van der Waals surface area contributed by atoms with Gasteiger partial charge in [-0.05, 0) is 35.4 Å². The summed E-state index contributed by atoms with van der Waals surface area (Å²) in [5.41, 5.74) is 2.92. The first-order valence-electron chi connectivity index (χ1n) is 11.1. The number of pyridine rings is 1. The predicted molar refractivity (Wildman–Crippen MR) is 123 cm³/mol. The van der Waals surface area contributed by atoms with Crippen LogP contribution >= 0.6 is 0 Å². The van der Waals surface area contributed by atoms with E-state index in [0.717, 1.165) is 49.8 Å². The number of carbonyl (C=O) groups excluding carboxylic acids is 1. The Labute approximate surface area is 191 Å². The van der Waals surface area contributed by atoms with Gasteiger partial charge in [-0.1, -0.05) is 30.3 Å². The summed E-state index contributed by atoms with van der Waals surface area (Å²) in [5.74, 6) is 1.17. The highest BCUT2D eigenvalue weighted by molar-refractivity contribution is 5.81. The summed E-state index contributed by atoms with van der Waals surface area (Å²) in [4.78, 5) is 19.2. The minimum absolute atomic E-state index is 0.131. The van der Waals surface area contributed by atoms with Crippen LogP contribution in [0, 0.1) is 5.82 Å². The minimum Gasteiger partial charge on any atom is -0.349 e. The largest absolute Gasteiger partial charge is 0.349 e. The quantitative estimate of drug-likeness (QED) is 0.495. The molecule has 0 fully saturated rings. The molecule has 0 radical (unpaired) electrons. The lowest BCUT2D eigenvalue weighted by molar-refractivity contribution is -0.120. The highest BCUT2D eigenvalue weighted by atomic mass is 19.1. The summed E-state index contributed by atoms with van der Waals surface area (Å²) in [5, 5.41) is 12.7. The number of amides is 1. The van der Waals surface area contributed by atoms with E-state index in [0.29, 0.717) is 12.1 Å². The highest BCUT2D eigenvalue weighted by Gasteiger charge is 2.19. The lowest BCUT2D eigenvalue weighted by Crippen LogP contribution is -2.28. The third-order valence-electron chi connectivity index (χ3n) is 6.03. The summed E-state index contributed by atoms with van der Waals surface area (Å²) in [6.45, 7) is 3.67. The molecule has 168 valence electrons. The summed E-state index contributed by atoms with van der Waals surface area (Å²) in [6.07, 6.45) is 2.80. The standard InChI is InChI=1S/C25H25FN6O/c26-20-5-3-4-18(14-20)15-25(33)28-16-24-30-29-23-9-11-31(12-13-32(23)24)17-19-8-10-27-22-7-2-1-6-21(19)22/h1-8,10,14H,9,11-13,15-17H2,(H,28,33). The van der Waals surface area contributed by atoms with Gasteiger partial charge in [0.25, 0.3) is 0 Å². The number of nitrogens with one attached hydrogen (secondary N) is 1. The topological polar surface area (TPSA) is 75.9 Å². The number of nitrogens with zero attached hydrogens (tertiary/aromatic N) is 5. The summed E-state index contributed by atoms with van der Waals surface area (Å²) in [7, 11) is 0. The number of carbonyl (C=O) groups is 1. The van der Waals surface area contributed by atoms with Crippen molar-refractivity contribution in [2.45, 2.75) is 32.5 Å².